The molecule has 0 spiro atoms. The molecule has 1 aromatic heterocycles. The quantitative estimate of drug-likeness (QED) is 0.890. The number of hydrogen-bond donors (Lipinski definition) is 1. The fourth-order valence-electron chi connectivity index (χ4n) is 2.98. The number of piperazine rings is 1. The fourth-order valence-corrected chi connectivity index (χ4v) is 2.98. The molecule has 2 heterocycles. The molecule has 0 unspecified atom stereocenters. The van der Waals surface area contributed by atoms with Gasteiger partial charge in [-0.3, -0.25) is 19.6 Å². The Morgan fingerprint density at radius 1 is 1.12 bits per heavy atom. The van der Waals surface area contributed by atoms with Crippen LogP contribution in [0.25, 0.3) is 0 Å². The lowest BCUT2D eigenvalue weighted by Gasteiger charge is -2.34. The highest BCUT2D eigenvalue weighted by Gasteiger charge is 2.19. The van der Waals surface area contributed by atoms with Gasteiger partial charge in [0, 0.05) is 44.6 Å². The first-order chi connectivity index (χ1) is 12.5. The van der Waals surface area contributed by atoms with Gasteiger partial charge in [0.05, 0.1) is 12.7 Å². The lowest BCUT2D eigenvalue weighted by Crippen LogP contribution is -2.48. The largest absolute Gasteiger partial charge is 0.325 e. The topological polar surface area (TPSA) is 48.5 Å². The molecule has 5 nitrogen and oxygen atoms in total. The summed E-state index contributed by atoms with van der Waals surface area (Å²) in [7, 11) is 0. The summed E-state index contributed by atoms with van der Waals surface area (Å²) in [6, 6.07) is 6.16. The summed E-state index contributed by atoms with van der Waals surface area (Å²) in [5.41, 5.74) is 1.86. The first-order valence-corrected chi connectivity index (χ1v) is 8.60. The molecule has 7 heteroatoms. The van der Waals surface area contributed by atoms with E-state index in [-0.39, 0.29) is 24.1 Å². The Bertz CT molecular complexity index is 776. The molecule has 1 N–H and O–H groups in total. The summed E-state index contributed by atoms with van der Waals surface area (Å²) in [4.78, 5) is 20.3. The molecule has 3 rings (SSSR count). The molecule has 138 valence electrons. The van der Waals surface area contributed by atoms with E-state index in [1.54, 1.807) is 25.3 Å². The zero-order valence-electron chi connectivity index (χ0n) is 14.7. The molecular weight excluding hydrogens is 338 g/mol. The minimum Gasteiger partial charge on any atom is -0.325 e. The number of halogens is 2. The number of anilines is 1. The zero-order valence-corrected chi connectivity index (χ0v) is 14.7. The van der Waals surface area contributed by atoms with Crippen LogP contribution in [0.5, 0.6) is 0 Å². The molecule has 1 aliphatic rings. The number of nitrogens with one attached hydrogen (secondary N) is 1. The van der Waals surface area contributed by atoms with Gasteiger partial charge in [-0.2, -0.15) is 0 Å². The number of rotatable bonds is 5. The van der Waals surface area contributed by atoms with Crippen LogP contribution in [0.4, 0.5) is 14.5 Å². The number of amides is 1. The van der Waals surface area contributed by atoms with Crippen molar-refractivity contribution in [2.24, 2.45) is 0 Å². The molecule has 0 aliphatic carbocycles. The smallest absolute Gasteiger partial charge is 0.238 e. The van der Waals surface area contributed by atoms with E-state index in [2.05, 4.69) is 20.1 Å². The number of aromatic nitrogens is 1. The SMILES string of the molecule is Cc1ccc(NC(=O)CN2CCN(Cc3cncc(F)c3)CC2)cc1F. The van der Waals surface area contributed by atoms with Crippen LogP contribution in [-0.4, -0.2) is 53.4 Å². The summed E-state index contributed by atoms with van der Waals surface area (Å²) >= 11 is 0. The van der Waals surface area contributed by atoms with Crippen LogP contribution in [0.3, 0.4) is 0 Å². The van der Waals surface area contributed by atoms with E-state index in [0.717, 1.165) is 31.7 Å². The number of carbonyl (C=O) groups is 1. The monoisotopic (exact) mass is 360 g/mol. The Morgan fingerprint density at radius 3 is 2.54 bits per heavy atom. The van der Waals surface area contributed by atoms with Crippen molar-refractivity contribution < 1.29 is 13.6 Å². The van der Waals surface area contributed by atoms with Gasteiger partial charge in [-0.05, 0) is 36.2 Å². The van der Waals surface area contributed by atoms with Crippen LogP contribution >= 0.6 is 0 Å². The molecule has 2 aromatic rings. The second kappa shape index (κ2) is 8.33. The van der Waals surface area contributed by atoms with E-state index in [4.69, 9.17) is 0 Å². The molecule has 1 saturated heterocycles. The predicted octanol–water partition coefficient (Wildman–Crippen LogP) is 2.42. The van der Waals surface area contributed by atoms with Crippen molar-refractivity contribution in [1.29, 1.82) is 0 Å². The van der Waals surface area contributed by atoms with Crippen LogP contribution in [0.2, 0.25) is 0 Å². The van der Waals surface area contributed by atoms with E-state index < -0.39 is 0 Å². The number of carbonyl (C=O) groups excluding carboxylic acids is 1. The molecule has 1 aliphatic heterocycles. The zero-order chi connectivity index (χ0) is 18.5. The molecule has 1 aromatic carbocycles. The fraction of sp³-hybridized carbons (Fsp3) is 0.368. The van der Waals surface area contributed by atoms with Crippen LogP contribution < -0.4 is 5.32 Å². The van der Waals surface area contributed by atoms with Gasteiger partial charge in [-0.1, -0.05) is 6.07 Å². The van der Waals surface area contributed by atoms with Crippen molar-refractivity contribution in [2.75, 3.05) is 38.0 Å². The maximum absolute atomic E-state index is 13.5. The molecular formula is C19H22F2N4O. The van der Waals surface area contributed by atoms with Gasteiger partial charge in [0.1, 0.15) is 11.6 Å². The highest BCUT2D eigenvalue weighted by atomic mass is 19.1. The van der Waals surface area contributed by atoms with Gasteiger partial charge >= 0.3 is 0 Å². The molecule has 1 amide bonds. The van der Waals surface area contributed by atoms with Gasteiger partial charge in [-0.25, -0.2) is 8.78 Å². The van der Waals surface area contributed by atoms with Crippen molar-refractivity contribution in [3.63, 3.8) is 0 Å². The maximum Gasteiger partial charge on any atom is 0.238 e. The summed E-state index contributed by atoms with van der Waals surface area (Å²) in [6.07, 6.45) is 2.86. The summed E-state index contributed by atoms with van der Waals surface area (Å²) < 4.78 is 26.7. The Morgan fingerprint density at radius 2 is 1.85 bits per heavy atom. The van der Waals surface area contributed by atoms with Crippen LogP contribution in [0.15, 0.2) is 36.7 Å². The predicted molar refractivity (Wildman–Crippen MR) is 95.7 cm³/mol. The van der Waals surface area contributed by atoms with Crippen molar-refractivity contribution in [2.45, 2.75) is 13.5 Å². The standard InChI is InChI=1S/C19H22F2N4O/c1-14-2-3-17(9-18(14)21)23-19(26)13-25-6-4-24(5-7-25)12-15-8-16(20)11-22-10-15/h2-3,8-11H,4-7,12-13H2,1H3,(H,23,26). The second-order valence-electron chi connectivity index (χ2n) is 6.58. The molecule has 0 radical (unpaired) electrons. The van der Waals surface area contributed by atoms with E-state index in [1.165, 1.54) is 18.3 Å². The van der Waals surface area contributed by atoms with E-state index in [1.807, 2.05) is 0 Å². The van der Waals surface area contributed by atoms with Gasteiger partial charge in [0.25, 0.3) is 0 Å². The van der Waals surface area contributed by atoms with Gasteiger partial charge < -0.3 is 5.32 Å². The van der Waals surface area contributed by atoms with Gasteiger partial charge in [0.2, 0.25) is 5.91 Å². The number of benzene rings is 1. The molecule has 1 fully saturated rings. The molecule has 0 saturated carbocycles. The summed E-state index contributed by atoms with van der Waals surface area (Å²) in [5.74, 6) is -0.815. The highest BCUT2D eigenvalue weighted by molar-refractivity contribution is 5.92. The van der Waals surface area contributed by atoms with Gasteiger partial charge in [-0.15, -0.1) is 0 Å². The lowest BCUT2D eigenvalue weighted by atomic mass is 10.2. The minimum atomic E-state index is -0.330. The Labute approximate surface area is 151 Å². The van der Waals surface area contributed by atoms with Crippen molar-refractivity contribution in [3.05, 3.63) is 59.4 Å². The van der Waals surface area contributed by atoms with Crippen molar-refractivity contribution in [3.8, 4) is 0 Å². The number of nitrogens with zero attached hydrogens (tertiary/aromatic N) is 3. The molecule has 26 heavy (non-hydrogen) atoms. The minimum absolute atomic E-state index is 0.156. The third kappa shape index (κ3) is 5.06. The van der Waals surface area contributed by atoms with E-state index >= 15 is 0 Å². The molecule has 0 atom stereocenters. The first kappa shape index (κ1) is 18.4. The Kier molecular flexibility index (Phi) is 5.90. The van der Waals surface area contributed by atoms with E-state index in [9.17, 15) is 13.6 Å². The Balaban J connectivity index is 1.44. The third-order valence-corrected chi connectivity index (χ3v) is 4.46. The molecule has 0 bridgehead atoms. The average Bonchev–Trinajstić information content (AvgIpc) is 2.60. The summed E-state index contributed by atoms with van der Waals surface area (Å²) in [6.45, 7) is 5.68. The van der Waals surface area contributed by atoms with Gasteiger partial charge in [0.15, 0.2) is 0 Å². The number of pyridine rings is 1. The number of hydrogen-bond acceptors (Lipinski definition) is 4. The van der Waals surface area contributed by atoms with Crippen molar-refractivity contribution >= 4 is 11.6 Å². The third-order valence-electron chi connectivity index (χ3n) is 4.46. The highest BCUT2D eigenvalue weighted by Crippen LogP contribution is 2.14. The van der Waals surface area contributed by atoms with E-state index in [0.29, 0.717) is 17.8 Å². The van der Waals surface area contributed by atoms with Crippen LogP contribution in [0, 0.1) is 18.6 Å². The summed E-state index contributed by atoms with van der Waals surface area (Å²) in [5, 5.41) is 2.73. The first-order valence-electron chi connectivity index (χ1n) is 8.60. The van der Waals surface area contributed by atoms with Crippen LogP contribution in [0.1, 0.15) is 11.1 Å². The average molecular weight is 360 g/mol. The van der Waals surface area contributed by atoms with Crippen molar-refractivity contribution in [1.82, 2.24) is 14.8 Å². The van der Waals surface area contributed by atoms with Crippen LogP contribution in [-0.2, 0) is 11.3 Å². The number of aryl methyl sites for hydroxylation is 1. The normalized spacial score (nSPS) is 15.8. The second-order valence-corrected chi connectivity index (χ2v) is 6.58. The lowest BCUT2D eigenvalue weighted by molar-refractivity contribution is -0.117. The Hall–Kier alpha value is -2.38. The maximum atomic E-state index is 13.5.